The van der Waals surface area contributed by atoms with Gasteiger partial charge in [-0.25, -0.2) is 4.98 Å². The first-order valence-electron chi connectivity index (χ1n) is 14.5. The molecule has 0 aliphatic heterocycles. The second-order valence-corrected chi connectivity index (χ2v) is 12.1. The molecule has 0 spiro atoms. The van der Waals surface area contributed by atoms with Gasteiger partial charge in [-0.05, 0) is 62.0 Å². The summed E-state index contributed by atoms with van der Waals surface area (Å²) in [6.07, 6.45) is 6.45. The van der Waals surface area contributed by atoms with Crippen LogP contribution in [-0.2, 0) is 15.6 Å². The summed E-state index contributed by atoms with van der Waals surface area (Å²) >= 11 is 0. The third-order valence-corrected chi connectivity index (χ3v) is 8.16. The number of nitrogens with zero attached hydrogens (tertiary/aromatic N) is 3. The molecule has 7 heteroatoms. The Morgan fingerprint density at radius 2 is 1.76 bits per heavy atom. The van der Waals surface area contributed by atoms with Crippen LogP contribution in [0.4, 0.5) is 0 Å². The molecule has 2 aromatic heterocycles. The van der Waals surface area contributed by atoms with E-state index in [1.807, 2.05) is 19.9 Å². The first kappa shape index (κ1) is 29.7. The summed E-state index contributed by atoms with van der Waals surface area (Å²) < 4.78 is 8.25. The second kappa shape index (κ2) is 12.4. The predicted octanol–water partition coefficient (Wildman–Crippen LogP) is 7.34. The van der Waals surface area contributed by atoms with Crippen LogP contribution in [0.25, 0.3) is 5.65 Å². The zero-order valence-electron chi connectivity index (χ0n) is 25.1. The largest absolute Gasteiger partial charge is 0.480 e. The summed E-state index contributed by atoms with van der Waals surface area (Å²) in [6, 6.07) is 8.15. The fourth-order valence-electron chi connectivity index (χ4n) is 4.59. The summed E-state index contributed by atoms with van der Waals surface area (Å²) in [5.41, 5.74) is 4.20. The van der Waals surface area contributed by atoms with E-state index in [-0.39, 0.29) is 22.8 Å². The van der Waals surface area contributed by atoms with Crippen LogP contribution < -0.4 is 10.1 Å². The van der Waals surface area contributed by atoms with Gasteiger partial charge in [0.25, 0.3) is 5.91 Å². The van der Waals surface area contributed by atoms with Crippen molar-refractivity contribution in [1.82, 2.24) is 25.1 Å². The molecule has 38 heavy (non-hydrogen) atoms. The van der Waals surface area contributed by atoms with Crippen LogP contribution in [0.3, 0.4) is 0 Å². The smallest absolute Gasteiger partial charge is 0.261 e. The number of carbonyl (C=O) groups excluding carboxylic acids is 1. The average molecular weight is 524 g/mol. The van der Waals surface area contributed by atoms with Crippen molar-refractivity contribution in [2.45, 2.75) is 130 Å². The summed E-state index contributed by atoms with van der Waals surface area (Å²) in [5.74, 6) is 1.26. The van der Waals surface area contributed by atoms with Gasteiger partial charge in [-0.3, -0.25) is 9.89 Å². The van der Waals surface area contributed by atoms with Gasteiger partial charge >= 0.3 is 0 Å². The van der Waals surface area contributed by atoms with Crippen molar-refractivity contribution in [3.63, 3.8) is 0 Å². The normalized spacial score (nSPS) is 14.0. The molecule has 0 radical (unpaired) electrons. The SMILES string of the molecule is CCCCCCC(Oc1ccc(C(C)(C)CC)cc1C(C)(C)CC)C(=O)NC(C)c1nc2cc(C)[nH]n2n1. The third kappa shape index (κ3) is 6.97. The topological polar surface area (TPSA) is 84.3 Å². The van der Waals surface area contributed by atoms with Crippen LogP contribution in [0.15, 0.2) is 24.3 Å². The molecule has 7 nitrogen and oxygen atoms in total. The Kier molecular flexibility index (Phi) is 9.66. The maximum absolute atomic E-state index is 13.6. The molecule has 0 bridgehead atoms. The quantitative estimate of drug-likeness (QED) is 0.217. The molecule has 2 atom stereocenters. The molecule has 210 valence electrons. The number of fused-ring (bicyclic) bond motifs is 1. The molecular weight excluding hydrogens is 474 g/mol. The lowest BCUT2D eigenvalue weighted by Gasteiger charge is -2.31. The number of amides is 1. The van der Waals surface area contributed by atoms with Gasteiger partial charge in [0.1, 0.15) is 5.75 Å². The Hall–Kier alpha value is -2.83. The molecular formula is C31H49N5O2. The number of hydrogen-bond donors (Lipinski definition) is 2. The number of hydrogen-bond acceptors (Lipinski definition) is 4. The number of unbranched alkanes of at least 4 members (excludes halogenated alkanes) is 3. The number of rotatable bonds is 14. The van der Waals surface area contributed by atoms with Crippen LogP contribution in [0.5, 0.6) is 5.75 Å². The molecule has 2 unspecified atom stereocenters. The number of benzene rings is 1. The van der Waals surface area contributed by atoms with Gasteiger partial charge in [0.05, 0.1) is 6.04 Å². The highest BCUT2D eigenvalue weighted by atomic mass is 16.5. The van der Waals surface area contributed by atoms with Gasteiger partial charge in [0.15, 0.2) is 17.6 Å². The van der Waals surface area contributed by atoms with Crippen LogP contribution in [0.1, 0.15) is 129 Å². The highest BCUT2D eigenvalue weighted by Crippen LogP contribution is 2.39. The van der Waals surface area contributed by atoms with Crippen LogP contribution >= 0.6 is 0 Å². The van der Waals surface area contributed by atoms with Crippen molar-refractivity contribution in [2.75, 3.05) is 0 Å². The minimum atomic E-state index is -0.583. The van der Waals surface area contributed by atoms with E-state index in [1.165, 1.54) is 11.1 Å². The summed E-state index contributed by atoms with van der Waals surface area (Å²) in [7, 11) is 0. The highest BCUT2D eigenvalue weighted by molar-refractivity contribution is 5.81. The van der Waals surface area contributed by atoms with E-state index >= 15 is 0 Å². The zero-order chi connectivity index (χ0) is 28.1. The van der Waals surface area contributed by atoms with Gasteiger partial charge in [0, 0.05) is 17.3 Å². The molecule has 1 amide bonds. The summed E-state index contributed by atoms with van der Waals surface area (Å²) in [5, 5.41) is 10.8. The van der Waals surface area contributed by atoms with Gasteiger partial charge in [-0.1, -0.05) is 79.9 Å². The average Bonchev–Trinajstić information content (AvgIpc) is 3.43. The number of carbonyl (C=O) groups is 1. The van der Waals surface area contributed by atoms with E-state index in [0.717, 1.165) is 55.6 Å². The van der Waals surface area contributed by atoms with Gasteiger partial charge in [-0.2, -0.15) is 4.63 Å². The summed E-state index contributed by atoms with van der Waals surface area (Å²) in [4.78, 5) is 18.2. The molecule has 0 saturated heterocycles. The van der Waals surface area contributed by atoms with E-state index in [2.05, 4.69) is 87.2 Å². The summed E-state index contributed by atoms with van der Waals surface area (Å²) in [6.45, 7) is 19.6. The van der Waals surface area contributed by atoms with E-state index in [0.29, 0.717) is 12.2 Å². The minimum Gasteiger partial charge on any atom is -0.480 e. The Morgan fingerprint density at radius 3 is 2.39 bits per heavy atom. The lowest BCUT2D eigenvalue weighted by atomic mass is 9.76. The molecule has 3 rings (SSSR count). The number of aromatic amines is 1. The molecule has 0 fully saturated rings. The predicted molar refractivity (Wildman–Crippen MR) is 155 cm³/mol. The van der Waals surface area contributed by atoms with Crippen molar-refractivity contribution < 1.29 is 9.53 Å². The maximum atomic E-state index is 13.6. The van der Waals surface area contributed by atoms with Crippen molar-refractivity contribution in [1.29, 1.82) is 0 Å². The first-order valence-corrected chi connectivity index (χ1v) is 14.5. The van der Waals surface area contributed by atoms with Crippen LogP contribution in [-0.4, -0.2) is 31.8 Å². The Morgan fingerprint density at radius 1 is 1.05 bits per heavy atom. The van der Waals surface area contributed by atoms with Crippen LogP contribution in [0.2, 0.25) is 0 Å². The Labute approximate surface area is 229 Å². The van der Waals surface area contributed by atoms with E-state index in [4.69, 9.17) is 4.74 Å². The second-order valence-electron chi connectivity index (χ2n) is 12.1. The number of nitrogens with one attached hydrogen (secondary N) is 2. The maximum Gasteiger partial charge on any atom is 0.261 e. The molecule has 1 aromatic carbocycles. The number of aromatic nitrogens is 4. The van der Waals surface area contributed by atoms with Crippen molar-refractivity contribution in [3.05, 3.63) is 46.9 Å². The first-order chi connectivity index (χ1) is 17.9. The molecule has 2 heterocycles. The van der Waals surface area contributed by atoms with E-state index in [9.17, 15) is 4.79 Å². The standard InChI is InChI=1S/C31H49N5O2/c1-10-13-14-15-16-26(29(37)32-22(5)28-33-27-19-21(4)34-36(27)35-28)38-25-18-17-23(30(6,7)11-2)20-24(25)31(8,9)12-3/h17-20,22,26,34H,10-16H2,1-9H3,(H,32,37). The monoisotopic (exact) mass is 523 g/mol. The van der Waals surface area contributed by atoms with E-state index in [1.54, 1.807) is 4.63 Å². The van der Waals surface area contributed by atoms with Crippen LogP contribution in [0, 0.1) is 6.92 Å². The number of H-pyrrole nitrogens is 1. The van der Waals surface area contributed by atoms with Gasteiger partial charge < -0.3 is 10.1 Å². The van der Waals surface area contributed by atoms with Crippen molar-refractivity contribution >= 4 is 11.6 Å². The van der Waals surface area contributed by atoms with E-state index < -0.39 is 6.10 Å². The lowest BCUT2D eigenvalue weighted by molar-refractivity contribution is -0.129. The Bertz CT molecular complexity index is 1170. The molecule has 0 aliphatic carbocycles. The van der Waals surface area contributed by atoms with Gasteiger partial charge in [-0.15, -0.1) is 5.10 Å². The highest BCUT2D eigenvalue weighted by Gasteiger charge is 2.30. The molecule has 0 saturated carbocycles. The minimum absolute atomic E-state index is 0.0733. The molecule has 2 N–H and O–H groups in total. The third-order valence-electron chi connectivity index (χ3n) is 8.16. The van der Waals surface area contributed by atoms with Crippen molar-refractivity contribution in [3.8, 4) is 5.75 Å². The van der Waals surface area contributed by atoms with Gasteiger partial charge in [0.2, 0.25) is 0 Å². The zero-order valence-corrected chi connectivity index (χ0v) is 25.1. The fraction of sp³-hybridized carbons (Fsp3) is 0.645. The van der Waals surface area contributed by atoms with Crippen molar-refractivity contribution in [2.24, 2.45) is 0 Å². The number of ether oxygens (including phenoxy) is 1. The lowest BCUT2D eigenvalue weighted by Crippen LogP contribution is -2.40. The molecule has 3 aromatic rings. The Balaban J connectivity index is 1.87. The molecule has 0 aliphatic rings. The fourth-order valence-corrected chi connectivity index (χ4v) is 4.59. The number of aryl methyl sites for hydroxylation is 1.